The lowest BCUT2D eigenvalue weighted by atomic mass is 10.1. The summed E-state index contributed by atoms with van der Waals surface area (Å²) in [5.74, 6) is -0.936. The van der Waals surface area contributed by atoms with Crippen molar-refractivity contribution < 1.29 is 18.3 Å². The number of hydrogen-bond donors (Lipinski definition) is 4. The van der Waals surface area contributed by atoms with Gasteiger partial charge in [-0.2, -0.15) is 4.72 Å². The fraction of sp³-hybridized carbons (Fsp3) is 0.389. The van der Waals surface area contributed by atoms with E-state index < -0.39 is 22.5 Å². The Kier molecular flexibility index (Phi) is 11.8. The Morgan fingerprint density at radius 1 is 1.28 bits per heavy atom. The molecule has 29 heavy (non-hydrogen) atoms. The third-order valence-corrected chi connectivity index (χ3v) is 4.72. The average Bonchev–Trinajstić information content (AvgIpc) is 2.70. The first-order valence-electron chi connectivity index (χ1n) is 8.95. The van der Waals surface area contributed by atoms with E-state index in [1.807, 2.05) is 18.6 Å². The lowest BCUT2D eigenvalue weighted by Crippen LogP contribution is -2.29. The topological polar surface area (TPSA) is 147 Å². The van der Waals surface area contributed by atoms with Crippen LogP contribution in [0.5, 0.6) is 0 Å². The molecule has 0 saturated carbocycles. The summed E-state index contributed by atoms with van der Waals surface area (Å²) in [6, 6.07) is 4.14. The minimum absolute atomic E-state index is 0.0865. The summed E-state index contributed by atoms with van der Waals surface area (Å²) in [5.41, 5.74) is 5.61. The molecular formula is C18H28ClN5O4S. The summed E-state index contributed by atoms with van der Waals surface area (Å²) in [6.45, 7) is 7.52. The minimum atomic E-state index is -4.00. The van der Waals surface area contributed by atoms with E-state index in [1.54, 1.807) is 0 Å². The Morgan fingerprint density at radius 2 is 1.86 bits per heavy atom. The summed E-state index contributed by atoms with van der Waals surface area (Å²) >= 11 is 6.07. The molecule has 0 fully saturated rings. The zero-order valence-corrected chi connectivity index (χ0v) is 18.7. The van der Waals surface area contributed by atoms with E-state index in [-0.39, 0.29) is 16.7 Å². The highest BCUT2D eigenvalue weighted by molar-refractivity contribution is 7.89. The van der Waals surface area contributed by atoms with Gasteiger partial charge in [0.1, 0.15) is 12.4 Å². The van der Waals surface area contributed by atoms with Crippen LogP contribution in [-0.4, -0.2) is 44.0 Å². The number of aromatic nitrogens is 1. The van der Waals surface area contributed by atoms with Crippen molar-refractivity contribution in [2.75, 3.05) is 18.9 Å². The molecule has 9 nitrogen and oxygen atoms in total. The molecule has 0 atom stereocenters. The number of carbonyl (C=O) groups is 1. The Morgan fingerprint density at radius 3 is 2.38 bits per heavy atom. The lowest BCUT2D eigenvalue weighted by Gasteiger charge is -2.11. The Bertz CT molecular complexity index is 949. The molecule has 0 aliphatic heterocycles. The van der Waals surface area contributed by atoms with Crippen LogP contribution in [0.1, 0.15) is 34.1 Å². The number of carboxylic acid groups (broad SMARTS) is 1. The molecule has 0 amide bonds. The number of nitrogens with zero attached hydrogens (tertiary/aromatic N) is 2. The van der Waals surface area contributed by atoms with Gasteiger partial charge in [-0.25, -0.2) is 13.4 Å². The maximum atomic E-state index is 12.2. The van der Waals surface area contributed by atoms with Crippen molar-refractivity contribution in [1.29, 1.82) is 0 Å². The molecule has 2 aromatic rings. The van der Waals surface area contributed by atoms with Crippen LogP contribution >= 0.6 is 11.6 Å². The van der Waals surface area contributed by atoms with E-state index in [4.69, 9.17) is 22.4 Å². The van der Waals surface area contributed by atoms with Crippen molar-refractivity contribution in [3.8, 4) is 0 Å². The quantitative estimate of drug-likeness (QED) is 0.408. The van der Waals surface area contributed by atoms with Crippen LogP contribution in [0.15, 0.2) is 34.3 Å². The van der Waals surface area contributed by atoms with Gasteiger partial charge in [0, 0.05) is 24.0 Å². The lowest BCUT2D eigenvalue weighted by molar-refractivity contribution is -0.135. The van der Waals surface area contributed by atoms with Crippen LogP contribution < -0.4 is 15.8 Å². The van der Waals surface area contributed by atoms with Crippen LogP contribution in [-0.2, 0) is 14.8 Å². The van der Waals surface area contributed by atoms with E-state index in [9.17, 15) is 13.2 Å². The fourth-order valence-corrected chi connectivity index (χ4v) is 3.09. The number of nitrogens with one attached hydrogen (secondary N) is 2. The minimum Gasteiger partial charge on any atom is -0.480 e. The van der Waals surface area contributed by atoms with Gasteiger partial charge in [-0.15, -0.1) is 0 Å². The molecule has 1 aromatic heterocycles. The fourth-order valence-electron chi connectivity index (χ4n) is 1.87. The third-order valence-electron chi connectivity index (χ3n) is 3.02. The molecule has 5 N–H and O–H groups in total. The number of fused-ring (bicyclic) bond motifs is 1. The summed E-state index contributed by atoms with van der Waals surface area (Å²) in [4.78, 5) is 18.2. The normalized spacial score (nSPS) is 11.0. The first kappa shape index (κ1) is 26.6. The number of guanidine groups is 1. The highest BCUT2D eigenvalue weighted by atomic mass is 35.5. The largest absolute Gasteiger partial charge is 0.480 e. The number of pyridine rings is 1. The monoisotopic (exact) mass is 445 g/mol. The van der Waals surface area contributed by atoms with Crippen molar-refractivity contribution in [3.63, 3.8) is 0 Å². The van der Waals surface area contributed by atoms with Crippen LogP contribution in [0.3, 0.4) is 0 Å². The number of halogens is 1. The number of sulfonamides is 1. The second-order valence-corrected chi connectivity index (χ2v) is 7.50. The number of hydrogen-bond acceptors (Lipinski definition) is 5. The zero-order chi connectivity index (χ0) is 22.6. The standard InChI is InChI=1S/C13H14ClN5O4S.C3H8.C2H6/c1-16-13(15)19-12-9-4-7(24(22,23)18-6-11(20)21)2-3-8(9)10(14)5-17-12;1-3-2;1-2/h2-5,18H,6H2,1H3,(H,20,21)(H3,15,16,17,19);3H2,1-2H3;1-2H3. The predicted molar refractivity (Wildman–Crippen MR) is 118 cm³/mol. The second-order valence-electron chi connectivity index (χ2n) is 5.32. The van der Waals surface area contributed by atoms with Crippen LogP contribution in [0.4, 0.5) is 5.82 Å². The molecule has 0 aliphatic rings. The molecule has 0 saturated heterocycles. The van der Waals surface area contributed by atoms with Gasteiger partial charge in [0.2, 0.25) is 10.0 Å². The third kappa shape index (κ3) is 8.22. The van der Waals surface area contributed by atoms with Gasteiger partial charge >= 0.3 is 5.97 Å². The van der Waals surface area contributed by atoms with E-state index in [2.05, 4.69) is 29.1 Å². The molecule has 0 unspecified atom stereocenters. The van der Waals surface area contributed by atoms with Crippen LogP contribution in [0.2, 0.25) is 5.02 Å². The number of rotatable bonds is 5. The molecule has 0 aliphatic carbocycles. The summed E-state index contributed by atoms with van der Waals surface area (Å²) in [5, 5.41) is 12.6. The molecule has 0 spiro atoms. The van der Waals surface area contributed by atoms with Crippen molar-refractivity contribution in [1.82, 2.24) is 9.71 Å². The number of nitrogens with two attached hydrogens (primary N) is 1. The number of carboxylic acids is 1. The highest BCUT2D eigenvalue weighted by Gasteiger charge is 2.17. The van der Waals surface area contributed by atoms with Crippen molar-refractivity contribution in [2.24, 2.45) is 10.7 Å². The number of benzene rings is 1. The number of aliphatic carboxylic acids is 1. The maximum Gasteiger partial charge on any atom is 0.318 e. The SMILES string of the molecule is CC.CCC.CN=C(N)Nc1ncc(Cl)c2ccc(S(=O)(=O)NCC(=O)O)cc12. The van der Waals surface area contributed by atoms with E-state index in [0.717, 1.165) is 0 Å². The summed E-state index contributed by atoms with van der Waals surface area (Å²) in [6.07, 6.45) is 2.64. The van der Waals surface area contributed by atoms with Crippen molar-refractivity contribution in [2.45, 2.75) is 39.0 Å². The summed E-state index contributed by atoms with van der Waals surface area (Å²) < 4.78 is 26.3. The maximum absolute atomic E-state index is 12.2. The summed E-state index contributed by atoms with van der Waals surface area (Å²) in [7, 11) is -2.52. The van der Waals surface area contributed by atoms with Crippen LogP contribution in [0, 0.1) is 0 Å². The second kappa shape index (κ2) is 12.9. The highest BCUT2D eigenvalue weighted by Crippen LogP contribution is 2.29. The molecule has 0 bridgehead atoms. The Balaban J connectivity index is 0.00000143. The number of aliphatic imine (C=N–C) groups is 1. The van der Waals surface area contributed by atoms with Gasteiger partial charge in [-0.3, -0.25) is 9.79 Å². The zero-order valence-electron chi connectivity index (χ0n) is 17.2. The van der Waals surface area contributed by atoms with E-state index in [0.29, 0.717) is 15.8 Å². The smallest absolute Gasteiger partial charge is 0.318 e. The molecule has 0 radical (unpaired) electrons. The predicted octanol–water partition coefficient (Wildman–Crippen LogP) is 3.05. The molecular weight excluding hydrogens is 418 g/mol. The van der Waals surface area contributed by atoms with Crippen molar-refractivity contribution in [3.05, 3.63) is 29.4 Å². The molecule has 1 heterocycles. The van der Waals surface area contributed by atoms with E-state index >= 15 is 0 Å². The van der Waals surface area contributed by atoms with Gasteiger partial charge in [-0.1, -0.05) is 51.8 Å². The number of anilines is 1. The van der Waals surface area contributed by atoms with Gasteiger partial charge in [0.05, 0.1) is 9.92 Å². The molecule has 1 aromatic carbocycles. The molecule has 162 valence electrons. The van der Waals surface area contributed by atoms with Gasteiger partial charge in [0.15, 0.2) is 5.96 Å². The Labute approximate surface area is 176 Å². The van der Waals surface area contributed by atoms with Gasteiger partial charge in [0.25, 0.3) is 0 Å². The first-order valence-corrected chi connectivity index (χ1v) is 10.8. The van der Waals surface area contributed by atoms with Gasteiger partial charge in [-0.05, 0) is 12.1 Å². The first-order chi connectivity index (χ1) is 13.7. The Hall–Kier alpha value is -2.43. The molecule has 2 rings (SSSR count). The average molecular weight is 446 g/mol. The van der Waals surface area contributed by atoms with E-state index in [1.165, 1.54) is 37.9 Å². The van der Waals surface area contributed by atoms with Crippen molar-refractivity contribution >= 4 is 50.1 Å². The van der Waals surface area contributed by atoms with Gasteiger partial charge < -0.3 is 16.2 Å². The van der Waals surface area contributed by atoms with Crippen LogP contribution in [0.25, 0.3) is 10.8 Å². The molecule has 11 heteroatoms.